The van der Waals surface area contributed by atoms with E-state index in [1.165, 1.54) is 37.7 Å². The minimum absolute atomic E-state index is 0.125. The Balaban J connectivity index is 0.00000166. The maximum Gasteiger partial charge on any atom is 0.0651 e. The van der Waals surface area contributed by atoms with E-state index in [1.807, 2.05) is 27.7 Å². The molecule has 0 amide bonds. The Morgan fingerprint density at radius 3 is 2.35 bits per heavy atom. The molecule has 3 aliphatic carbocycles. The summed E-state index contributed by atoms with van der Waals surface area (Å²) in [6.07, 6.45) is 19.9. The van der Waals surface area contributed by atoms with Crippen LogP contribution in [0.25, 0.3) is 0 Å². The Labute approximate surface area is 192 Å². The molecule has 178 valence electrons. The molecule has 0 radical (unpaired) electrons. The van der Waals surface area contributed by atoms with Crippen molar-refractivity contribution in [2.75, 3.05) is 0 Å². The van der Waals surface area contributed by atoms with E-state index in [9.17, 15) is 10.2 Å². The van der Waals surface area contributed by atoms with Crippen molar-refractivity contribution in [2.45, 2.75) is 118 Å². The standard InChI is InChI=1S/C27H44O2.C2H6/c1-19(11-12-20(2)26(3,4)29)24-15-16-25-22(9-7-17-27(24,25)5)14-13-21-8-6-10-23(28)18-21;1-2/h11-14,19-20,23-25,28-29H,6-10,15-18H2,1-5H3;1-2H3/b12-11+,21-13-,22-14+;/t19-,20+,23+,24?,25?,27?;/m1./s1. The first-order valence-electron chi connectivity index (χ1n) is 13.1. The van der Waals surface area contributed by atoms with E-state index in [0.29, 0.717) is 17.3 Å². The van der Waals surface area contributed by atoms with Crippen molar-refractivity contribution in [3.05, 3.63) is 35.5 Å². The van der Waals surface area contributed by atoms with E-state index < -0.39 is 5.60 Å². The lowest BCUT2D eigenvalue weighted by Crippen LogP contribution is -2.35. The lowest BCUT2D eigenvalue weighted by molar-refractivity contribution is 0.0436. The highest BCUT2D eigenvalue weighted by Crippen LogP contribution is 2.59. The summed E-state index contributed by atoms with van der Waals surface area (Å²) < 4.78 is 0. The van der Waals surface area contributed by atoms with Crippen LogP contribution in [0.4, 0.5) is 0 Å². The van der Waals surface area contributed by atoms with Crippen molar-refractivity contribution in [1.82, 2.24) is 0 Å². The largest absolute Gasteiger partial charge is 0.393 e. The molecule has 31 heavy (non-hydrogen) atoms. The Hall–Kier alpha value is -0.860. The zero-order chi connectivity index (χ0) is 23.2. The van der Waals surface area contributed by atoms with Gasteiger partial charge in [0.1, 0.15) is 0 Å². The summed E-state index contributed by atoms with van der Waals surface area (Å²) in [5.41, 5.74) is 2.85. The molecule has 3 unspecified atom stereocenters. The van der Waals surface area contributed by atoms with Crippen molar-refractivity contribution in [3.63, 3.8) is 0 Å². The molecular weight excluding hydrogens is 380 g/mol. The van der Waals surface area contributed by atoms with Crippen LogP contribution in [0, 0.1) is 29.1 Å². The van der Waals surface area contributed by atoms with Crippen LogP contribution in [0.1, 0.15) is 106 Å². The van der Waals surface area contributed by atoms with Crippen molar-refractivity contribution in [3.8, 4) is 0 Å². The predicted octanol–water partition coefficient (Wildman–Crippen LogP) is 7.62. The highest BCUT2D eigenvalue weighted by molar-refractivity contribution is 5.26. The van der Waals surface area contributed by atoms with Gasteiger partial charge in [0.2, 0.25) is 0 Å². The number of rotatable bonds is 5. The van der Waals surface area contributed by atoms with Gasteiger partial charge in [-0.3, -0.25) is 0 Å². The molecule has 0 heterocycles. The zero-order valence-electron chi connectivity index (χ0n) is 21.5. The van der Waals surface area contributed by atoms with Crippen LogP contribution < -0.4 is 0 Å². The van der Waals surface area contributed by atoms with Crippen LogP contribution in [0.3, 0.4) is 0 Å². The minimum Gasteiger partial charge on any atom is -0.393 e. The fraction of sp³-hybridized carbons (Fsp3) is 0.793. The number of hydrogen-bond acceptors (Lipinski definition) is 2. The molecule has 0 aliphatic heterocycles. The Kier molecular flexibility index (Phi) is 9.64. The van der Waals surface area contributed by atoms with E-state index in [4.69, 9.17) is 0 Å². The third-order valence-electron chi connectivity index (χ3n) is 8.56. The van der Waals surface area contributed by atoms with Gasteiger partial charge in [0.15, 0.2) is 0 Å². The average molecular weight is 431 g/mol. The molecule has 0 bridgehead atoms. The van der Waals surface area contributed by atoms with Crippen LogP contribution in [0.5, 0.6) is 0 Å². The fourth-order valence-corrected chi connectivity index (χ4v) is 6.30. The number of allylic oxidation sites excluding steroid dienone is 4. The number of fused-ring (bicyclic) bond motifs is 1. The summed E-state index contributed by atoms with van der Waals surface area (Å²) in [4.78, 5) is 0. The Morgan fingerprint density at radius 1 is 1.00 bits per heavy atom. The summed E-state index contributed by atoms with van der Waals surface area (Å²) in [6, 6.07) is 0. The van der Waals surface area contributed by atoms with Crippen LogP contribution >= 0.6 is 0 Å². The fourth-order valence-electron chi connectivity index (χ4n) is 6.30. The molecule has 3 aliphatic rings. The van der Waals surface area contributed by atoms with Gasteiger partial charge in [-0.05, 0) is 94.8 Å². The summed E-state index contributed by atoms with van der Waals surface area (Å²) >= 11 is 0. The minimum atomic E-state index is -0.653. The first-order valence-corrected chi connectivity index (χ1v) is 13.1. The second-order valence-electron chi connectivity index (χ2n) is 11.1. The SMILES string of the molecule is CC.C[C@H](/C=C/[C@H](C)C(C)(C)O)C1CCC2/C(=C/C=C3/CCC[C@H](O)C3)CCCC21C. The maximum absolute atomic E-state index is 10.2. The lowest BCUT2D eigenvalue weighted by atomic mass is 9.61. The smallest absolute Gasteiger partial charge is 0.0651 e. The van der Waals surface area contributed by atoms with Gasteiger partial charge >= 0.3 is 0 Å². The van der Waals surface area contributed by atoms with E-state index in [0.717, 1.165) is 31.6 Å². The molecule has 0 spiro atoms. The predicted molar refractivity (Wildman–Crippen MR) is 134 cm³/mol. The molecule has 2 nitrogen and oxygen atoms in total. The van der Waals surface area contributed by atoms with E-state index >= 15 is 0 Å². The lowest BCUT2D eigenvalue weighted by Gasteiger charge is -2.44. The average Bonchev–Trinajstić information content (AvgIpc) is 3.08. The first kappa shape index (κ1) is 26.4. The summed E-state index contributed by atoms with van der Waals surface area (Å²) in [6.45, 7) is 14.8. The van der Waals surface area contributed by atoms with Crippen LogP contribution in [0.2, 0.25) is 0 Å². The number of hydrogen-bond donors (Lipinski definition) is 2. The van der Waals surface area contributed by atoms with E-state index in [-0.39, 0.29) is 12.0 Å². The molecule has 3 rings (SSSR count). The van der Waals surface area contributed by atoms with Crippen molar-refractivity contribution >= 4 is 0 Å². The van der Waals surface area contributed by atoms with Gasteiger partial charge in [-0.25, -0.2) is 0 Å². The highest BCUT2D eigenvalue weighted by atomic mass is 16.3. The van der Waals surface area contributed by atoms with Gasteiger partial charge in [-0.2, -0.15) is 0 Å². The van der Waals surface area contributed by atoms with Gasteiger partial charge in [0, 0.05) is 5.92 Å². The molecule has 2 N–H and O–H groups in total. The van der Waals surface area contributed by atoms with Crippen molar-refractivity contribution in [2.24, 2.45) is 29.1 Å². The Morgan fingerprint density at radius 2 is 1.71 bits per heavy atom. The summed E-state index contributed by atoms with van der Waals surface area (Å²) in [5, 5.41) is 20.2. The monoisotopic (exact) mass is 430 g/mol. The van der Waals surface area contributed by atoms with Gasteiger partial charge in [-0.15, -0.1) is 0 Å². The Bertz CT molecular complexity index is 650. The summed E-state index contributed by atoms with van der Waals surface area (Å²) in [5.74, 6) is 2.18. The van der Waals surface area contributed by atoms with Gasteiger partial charge in [-0.1, -0.05) is 70.1 Å². The zero-order valence-corrected chi connectivity index (χ0v) is 21.5. The van der Waals surface area contributed by atoms with Crippen LogP contribution in [0.15, 0.2) is 35.5 Å². The molecule has 0 aromatic rings. The van der Waals surface area contributed by atoms with Crippen LogP contribution in [-0.4, -0.2) is 21.9 Å². The topological polar surface area (TPSA) is 40.5 Å². The van der Waals surface area contributed by atoms with Gasteiger partial charge < -0.3 is 10.2 Å². The molecule has 3 saturated carbocycles. The summed E-state index contributed by atoms with van der Waals surface area (Å²) in [7, 11) is 0. The van der Waals surface area contributed by atoms with Crippen molar-refractivity contribution < 1.29 is 10.2 Å². The van der Waals surface area contributed by atoms with Crippen molar-refractivity contribution in [1.29, 1.82) is 0 Å². The maximum atomic E-state index is 10.2. The normalized spacial score (nSPS) is 36.2. The third-order valence-corrected chi connectivity index (χ3v) is 8.56. The quantitative estimate of drug-likeness (QED) is 0.440. The third kappa shape index (κ3) is 6.57. The first-order chi connectivity index (χ1) is 14.6. The molecular formula is C29H50O2. The molecule has 0 saturated heterocycles. The molecule has 3 fully saturated rings. The number of aliphatic hydroxyl groups is 2. The second kappa shape index (κ2) is 11.3. The van der Waals surface area contributed by atoms with E-state index in [2.05, 4.69) is 45.1 Å². The molecule has 0 aromatic carbocycles. The molecule has 0 aromatic heterocycles. The molecule has 6 atom stereocenters. The molecule has 2 heteroatoms. The number of aliphatic hydroxyl groups excluding tert-OH is 1. The highest BCUT2D eigenvalue weighted by Gasteiger charge is 2.50. The van der Waals surface area contributed by atoms with E-state index in [1.54, 1.807) is 5.57 Å². The van der Waals surface area contributed by atoms with Crippen LogP contribution in [-0.2, 0) is 0 Å². The van der Waals surface area contributed by atoms with Gasteiger partial charge in [0.05, 0.1) is 11.7 Å². The van der Waals surface area contributed by atoms with Gasteiger partial charge in [0.25, 0.3) is 0 Å². The second-order valence-corrected chi connectivity index (χ2v) is 11.1.